The molecule has 1 fully saturated rings. The van der Waals surface area contributed by atoms with Crippen LogP contribution in [0, 0.1) is 0 Å². The van der Waals surface area contributed by atoms with Crippen molar-refractivity contribution < 1.29 is 9.21 Å². The lowest BCUT2D eigenvalue weighted by atomic mass is 9.96. The highest BCUT2D eigenvalue weighted by atomic mass is 16.4. The van der Waals surface area contributed by atoms with E-state index in [1.807, 2.05) is 0 Å². The molecule has 1 aromatic carbocycles. The zero-order valence-corrected chi connectivity index (χ0v) is 9.86. The maximum Gasteiger partial charge on any atom is 0.417 e. The van der Waals surface area contributed by atoms with Gasteiger partial charge in [-0.25, -0.2) is 4.79 Å². The summed E-state index contributed by atoms with van der Waals surface area (Å²) in [7, 11) is 0. The van der Waals surface area contributed by atoms with Crippen molar-refractivity contribution in [2.45, 2.75) is 25.3 Å². The summed E-state index contributed by atoms with van der Waals surface area (Å²) in [5.74, 6) is -0.413. The van der Waals surface area contributed by atoms with Gasteiger partial charge in [-0.2, -0.15) is 0 Å². The summed E-state index contributed by atoms with van der Waals surface area (Å²) in [6, 6.07) is 4.94. The first kappa shape index (κ1) is 11.2. The second-order valence-corrected chi connectivity index (χ2v) is 4.59. The van der Waals surface area contributed by atoms with Crippen LogP contribution in [0.5, 0.6) is 0 Å². The highest BCUT2D eigenvalue weighted by Crippen LogP contribution is 2.17. The number of rotatable bonds is 2. The van der Waals surface area contributed by atoms with Gasteiger partial charge in [0, 0.05) is 5.56 Å². The van der Waals surface area contributed by atoms with Crippen LogP contribution in [-0.2, 0) is 0 Å². The van der Waals surface area contributed by atoms with E-state index < -0.39 is 5.76 Å². The number of oxazole rings is 1. The van der Waals surface area contributed by atoms with Crippen LogP contribution in [0.25, 0.3) is 11.1 Å². The first-order chi connectivity index (χ1) is 8.74. The first-order valence-electron chi connectivity index (χ1n) is 6.14. The minimum atomic E-state index is -0.495. The Bertz CT molecular complexity index is 635. The van der Waals surface area contributed by atoms with Crippen LogP contribution in [0.1, 0.15) is 29.6 Å². The van der Waals surface area contributed by atoms with Crippen molar-refractivity contribution in [1.29, 1.82) is 0 Å². The van der Waals surface area contributed by atoms with Gasteiger partial charge in [0.05, 0.1) is 11.6 Å². The summed E-state index contributed by atoms with van der Waals surface area (Å²) < 4.78 is 4.91. The predicted octanol–water partition coefficient (Wildman–Crippen LogP) is 1.45. The highest BCUT2D eigenvalue weighted by Gasteiger charge is 2.22. The van der Waals surface area contributed by atoms with Crippen molar-refractivity contribution >= 4 is 16.9 Å². The molecular weight excluding hydrogens is 232 g/mol. The molecule has 1 aliphatic rings. The molecule has 1 unspecified atom stereocenters. The van der Waals surface area contributed by atoms with Crippen molar-refractivity contribution in [2.75, 3.05) is 6.54 Å². The number of carbonyl (C=O) groups excluding carboxylic acids is 1. The molecule has 1 saturated heterocycles. The average molecular weight is 246 g/mol. The summed E-state index contributed by atoms with van der Waals surface area (Å²) in [6.45, 7) is 0.890. The van der Waals surface area contributed by atoms with E-state index in [2.05, 4.69) is 10.3 Å². The normalized spacial score (nSPS) is 20.1. The molecule has 3 rings (SSSR count). The van der Waals surface area contributed by atoms with Crippen molar-refractivity contribution in [2.24, 2.45) is 0 Å². The monoisotopic (exact) mass is 246 g/mol. The van der Waals surface area contributed by atoms with Gasteiger partial charge in [-0.05, 0) is 37.6 Å². The Morgan fingerprint density at radius 3 is 3.00 bits per heavy atom. The largest absolute Gasteiger partial charge is 0.417 e. The number of Topliss-reactive ketones (excluding diaryl/α,β-unsaturated/α-hetero) is 1. The van der Waals surface area contributed by atoms with Crippen molar-refractivity contribution in [1.82, 2.24) is 10.3 Å². The van der Waals surface area contributed by atoms with Gasteiger partial charge in [0.15, 0.2) is 11.4 Å². The molecule has 0 radical (unpaired) electrons. The quantitative estimate of drug-likeness (QED) is 0.786. The van der Waals surface area contributed by atoms with E-state index in [9.17, 15) is 9.59 Å². The highest BCUT2D eigenvalue weighted by molar-refractivity contribution is 6.02. The fraction of sp³-hybridized carbons (Fsp3) is 0.385. The lowest BCUT2D eigenvalue weighted by Crippen LogP contribution is -2.40. The van der Waals surface area contributed by atoms with Gasteiger partial charge in [0.25, 0.3) is 0 Å². The Morgan fingerprint density at radius 2 is 2.22 bits per heavy atom. The summed E-state index contributed by atoms with van der Waals surface area (Å²) in [4.78, 5) is 25.9. The number of aromatic nitrogens is 1. The molecule has 0 aliphatic carbocycles. The van der Waals surface area contributed by atoms with Gasteiger partial charge >= 0.3 is 5.76 Å². The van der Waals surface area contributed by atoms with E-state index in [-0.39, 0.29) is 11.8 Å². The molecule has 94 valence electrons. The molecule has 0 saturated carbocycles. The van der Waals surface area contributed by atoms with Gasteiger partial charge in [0.2, 0.25) is 0 Å². The molecule has 18 heavy (non-hydrogen) atoms. The van der Waals surface area contributed by atoms with Gasteiger partial charge in [-0.1, -0.05) is 6.42 Å². The molecule has 1 atom stereocenters. The Morgan fingerprint density at radius 1 is 1.33 bits per heavy atom. The van der Waals surface area contributed by atoms with E-state index in [1.54, 1.807) is 18.2 Å². The van der Waals surface area contributed by atoms with Crippen molar-refractivity contribution in [3.8, 4) is 0 Å². The Hall–Kier alpha value is -1.88. The molecule has 0 bridgehead atoms. The lowest BCUT2D eigenvalue weighted by Gasteiger charge is -2.22. The molecule has 5 heteroatoms. The molecule has 2 N–H and O–H groups in total. The minimum absolute atomic E-state index is 0.0821. The Labute approximate surface area is 103 Å². The van der Waals surface area contributed by atoms with Gasteiger partial charge in [-0.3, -0.25) is 9.78 Å². The Kier molecular flexibility index (Phi) is 2.76. The number of hydrogen-bond donors (Lipinski definition) is 2. The van der Waals surface area contributed by atoms with Crippen LogP contribution in [0.15, 0.2) is 27.4 Å². The number of nitrogens with one attached hydrogen (secondary N) is 2. The standard InChI is InChI=1S/C13H14N2O3/c16-12(9-3-1-2-6-14-9)8-4-5-11-10(7-8)15-13(17)18-11/h4-5,7,9,14H,1-3,6H2,(H,15,17). The van der Waals surface area contributed by atoms with E-state index in [4.69, 9.17) is 4.42 Å². The average Bonchev–Trinajstić information content (AvgIpc) is 2.78. The first-order valence-corrected chi connectivity index (χ1v) is 6.14. The van der Waals surface area contributed by atoms with Crippen molar-refractivity contribution in [3.05, 3.63) is 34.3 Å². The van der Waals surface area contributed by atoms with E-state index in [1.165, 1.54) is 0 Å². The number of benzene rings is 1. The van der Waals surface area contributed by atoms with E-state index in [0.29, 0.717) is 16.7 Å². The topological polar surface area (TPSA) is 75.1 Å². The summed E-state index contributed by atoms with van der Waals surface area (Å²) in [6.07, 6.45) is 3.07. The second-order valence-electron chi connectivity index (χ2n) is 4.59. The van der Waals surface area contributed by atoms with E-state index in [0.717, 1.165) is 25.8 Å². The minimum Gasteiger partial charge on any atom is -0.408 e. The number of ketones is 1. The maximum absolute atomic E-state index is 12.3. The summed E-state index contributed by atoms with van der Waals surface area (Å²) in [5.41, 5.74) is 1.66. The second kappa shape index (κ2) is 4.42. The number of carbonyl (C=O) groups is 1. The maximum atomic E-state index is 12.3. The smallest absolute Gasteiger partial charge is 0.408 e. The molecule has 5 nitrogen and oxygen atoms in total. The molecule has 2 heterocycles. The van der Waals surface area contributed by atoms with Crippen molar-refractivity contribution in [3.63, 3.8) is 0 Å². The third-order valence-electron chi connectivity index (χ3n) is 3.33. The number of piperidine rings is 1. The van der Waals surface area contributed by atoms with Crippen LogP contribution < -0.4 is 11.1 Å². The van der Waals surface area contributed by atoms with Gasteiger partial charge in [-0.15, -0.1) is 0 Å². The molecule has 2 aromatic rings. The lowest BCUT2D eigenvalue weighted by molar-refractivity contribution is 0.0927. The number of hydrogen-bond acceptors (Lipinski definition) is 4. The third-order valence-corrected chi connectivity index (χ3v) is 3.33. The van der Waals surface area contributed by atoms with Crippen LogP contribution in [-0.4, -0.2) is 23.4 Å². The van der Waals surface area contributed by atoms with Crippen LogP contribution in [0.3, 0.4) is 0 Å². The van der Waals surface area contributed by atoms with Gasteiger partial charge < -0.3 is 9.73 Å². The summed E-state index contributed by atoms with van der Waals surface area (Å²) in [5, 5.41) is 3.23. The molecule has 0 spiro atoms. The van der Waals surface area contributed by atoms with Gasteiger partial charge in [0.1, 0.15) is 0 Å². The fourth-order valence-electron chi connectivity index (χ4n) is 2.38. The SMILES string of the molecule is O=C(c1ccc2oc(=O)[nH]c2c1)C1CCCCN1. The molecule has 1 aliphatic heterocycles. The summed E-state index contributed by atoms with van der Waals surface area (Å²) >= 11 is 0. The zero-order valence-electron chi connectivity index (χ0n) is 9.86. The fourth-order valence-corrected chi connectivity index (χ4v) is 2.38. The molecular formula is C13H14N2O3. The van der Waals surface area contributed by atoms with Crippen LogP contribution >= 0.6 is 0 Å². The zero-order chi connectivity index (χ0) is 12.5. The van der Waals surface area contributed by atoms with E-state index >= 15 is 0 Å². The third kappa shape index (κ3) is 1.97. The number of H-pyrrole nitrogens is 1. The van der Waals surface area contributed by atoms with Crippen LogP contribution in [0.4, 0.5) is 0 Å². The number of fused-ring (bicyclic) bond motifs is 1. The Balaban J connectivity index is 1.92. The molecule has 0 amide bonds. The van der Waals surface area contributed by atoms with Crippen LogP contribution in [0.2, 0.25) is 0 Å². The number of aromatic amines is 1. The molecule has 1 aromatic heterocycles. The predicted molar refractivity (Wildman–Crippen MR) is 66.8 cm³/mol.